The number of hydrogen-bond acceptors (Lipinski definition) is 2. The molecule has 5 aromatic rings. The Morgan fingerprint density at radius 2 is 0.920 bits per heavy atom. The quantitative estimate of drug-likeness (QED) is 0.159. The number of fused-ring (bicyclic) bond motifs is 2. The normalized spacial score (nSPS) is 34.5. The Morgan fingerprint density at radius 1 is 0.500 bits per heavy atom. The van der Waals surface area contributed by atoms with Crippen LogP contribution < -0.4 is 0 Å². The Balaban J connectivity index is 1.07. The molecule has 8 saturated carbocycles. The van der Waals surface area contributed by atoms with Crippen LogP contribution in [0.4, 0.5) is 0 Å². The first kappa shape index (κ1) is 30.9. The van der Waals surface area contributed by atoms with E-state index in [1.165, 1.54) is 22.5 Å². The Hall–Kier alpha value is -2.66. The second kappa shape index (κ2) is 11.9. The van der Waals surface area contributed by atoms with Gasteiger partial charge in [0.1, 0.15) is 0 Å². The van der Waals surface area contributed by atoms with Crippen molar-refractivity contribution in [2.45, 2.75) is 86.8 Å². The highest BCUT2D eigenvalue weighted by Gasteiger charge is 2.57. The highest BCUT2D eigenvalue weighted by atomic mass is 31.1. The van der Waals surface area contributed by atoms with Crippen LogP contribution in [0.5, 0.6) is 0 Å². The molecule has 8 aliphatic rings. The number of nitrogens with zero attached hydrogens (tertiary/aromatic N) is 2. The molecule has 8 aliphatic carbocycles. The van der Waals surface area contributed by atoms with Crippen LogP contribution in [-0.4, -0.2) is 21.3 Å². The van der Waals surface area contributed by atoms with Gasteiger partial charge in [0.15, 0.2) is 0 Å². The predicted octanol–water partition coefficient (Wildman–Crippen LogP) is 11.6. The smallest absolute Gasteiger partial charge is 0.0936 e. The van der Waals surface area contributed by atoms with Gasteiger partial charge in [0.2, 0.25) is 0 Å². The van der Waals surface area contributed by atoms with Gasteiger partial charge in [-0.1, -0.05) is 80.7 Å². The fourth-order valence-electron chi connectivity index (χ4n) is 13.5. The maximum Gasteiger partial charge on any atom is 0.0936 e. The average molecular weight is 693 g/mol. The molecule has 0 amide bonds. The molecule has 8 fully saturated rings. The van der Waals surface area contributed by atoms with E-state index in [4.69, 9.17) is 9.97 Å². The second-order valence-electron chi connectivity index (χ2n) is 17.8. The summed E-state index contributed by atoms with van der Waals surface area (Å²) in [5.74, 6) is 8.11. The van der Waals surface area contributed by atoms with Gasteiger partial charge in [0, 0.05) is 10.8 Å². The van der Waals surface area contributed by atoms with Crippen LogP contribution in [0.2, 0.25) is 0 Å². The highest BCUT2D eigenvalue weighted by Crippen LogP contribution is 2.72. The lowest BCUT2D eigenvalue weighted by molar-refractivity contribution is 0.0129. The molecular formula is C46H50N2P2. The van der Waals surface area contributed by atoms with E-state index >= 15 is 0 Å². The zero-order valence-electron chi connectivity index (χ0n) is 29.2. The van der Waals surface area contributed by atoms with E-state index in [2.05, 4.69) is 106 Å². The van der Waals surface area contributed by atoms with Crippen LogP contribution in [0.15, 0.2) is 97.1 Å². The molecule has 8 bridgehead atoms. The van der Waals surface area contributed by atoms with Crippen LogP contribution in [-0.2, 0) is 11.3 Å². The fraction of sp³-hybridized carbons (Fsp3) is 0.478. The summed E-state index contributed by atoms with van der Waals surface area (Å²) >= 11 is 0. The van der Waals surface area contributed by atoms with Crippen molar-refractivity contribution < 1.29 is 0 Å². The van der Waals surface area contributed by atoms with Gasteiger partial charge in [-0.05, 0) is 164 Å². The van der Waals surface area contributed by atoms with Crippen LogP contribution in [0.3, 0.4) is 0 Å². The zero-order chi connectivity index (χ0) is 33.0. The summed E-state index contributed by atoms with van der Waals surface area (Å²) in [6, 6.07) is 35.9. The molecule has 50 heavy (non-hydrogen) atoms. The molecule has 2 heterocycles. The zero-order valence-corrected chi connectivity index (χ0v) is 31.3. The van der Waals surface area contributed by atoms with E-state index in [-0.39, 0.29) is 7.92 Å². The molecule has 4 heteroatoms. The predicted molar refractivity (Wildman–Crippen MR) is 212 cm³/mol. The molecule has 0 saturated heterocycles. The van der Waals surface area contributed by atoms with Crippen molar-refractivity contribution in [1.82, 2.24) is 9.97 Å². The summed E-state index contributed by atoms with van der Waals surface area (Å²) in [6.45, 7) is 0. The first-order valence-electron chi connectivity index (χ1n) is 19.9. The van der Waals surface area contributed by atoms with Gasteiger partial charge in [0.05, 0.1) is 27.6 Å². The van der Waals surface area contributed by atoms with E-state index < -0.39 is 5.16 Å². The highest BCUT2D eigenvalue weighted by molar-refractivity contribution is 7.58. The maximum atomic E-state index is 5.44. The van der Waals surface area contributed by atoms with Crippen molar-refractivity contribution >= 4 is 39.0 Å². The summed E-state index contributed by atoms with van der Waals surface area (Å²) in [5.41, 5.74) is 9.18. The van der Waals surface area contributed by atoms with Crippen LogP contribution in [0, 0.1) is 47.3 Å². The van der Waals surface area contributed by atoms with E-state index in [1.54, 1.807) is 69.8 Å². The van der Waals surface area contributed by atoms with Gasteiger partial charge in [0.25, 0.3) is 0 Å². The Labute approximate surface area is 301 Å². The topological polar surface area (TPSA) is 25.8 Å². The van der Waals surface area contributed by atoms with E-state index in [9.17, 15) is 0 Å². The first-order chi connectivity index (χ1) is 24.6. The molecule has 2 nitrogen and oxygen atoms in total. The molecule has 1 atom stereocenters. The molecule has 2 aromatic heterocycles. The summed E-state index contributed by atoms with van der Waals surface area (Å²) in [6.07, 6.45) is 16.7. The summed E-state index contributed by atoms with van der Waals surface area (Å²) in [4.78, 5) is 10.9. The molecule has 1 unspecified atom stereocenters. The number of para-hydroxylation sites is 2. The largest absolute Gasteiger partial charge is 0.251 e. The number of aromatic nitrogens is 2. The molecule has 0 N–H and O–H groups in total. The summed E-state index contributed by atoms with van der Waals surface area (Å²) < 4.78 is 0. The van der Waals surface area contributed by atoms with Crippen LogP contribution in [0.1, 0.15) is 86.7 Å². The van der Waals surface area contributed by atoms with Gasteiger partial charge < -0.3 is 0 Å². The molecular weight excluding hydrogens is 642 g/mol. The average Bonchev–Trinajstić information content (AvgIpc) is 3.13. The van der Waals surface area contributed by atoms with Gasteiger partial charge in [-0.3, -0.25) is 9.97 Å². The van der Waals surface area contributed by atoms with Gasteiger partial charge in [-0.2, -0.15) is 0 Å². The SMILES string of the molecule is PC(c1ccc2ccccc2n1)(c1ccc2ccccc2n1)c1ccccc1CP(C1C2CC3CC(C2)CC1C3)C1C2CC3CC(C2)CC1C3. The molecule has 13 rings (SSSR count). The minimum Gasteiger partial charge on any atom is -0.251 e. The third-order valence-corrected chi connectivity index (χ3v) is 19.7. The first-order valence-corrected chi connectivity index (χ1v) is 22.2. The Kier molecular flexibility index (Phi) is 7.38. The lowest BCUT2D eigenvalue weighted by Crippen LogP contribution is -2.52. The maximum absolute atomic E-state index is 5.44. The lowest BCUT2D eigenvalue weighted by atomic mass is 9.55. The van der Waals surface area contributed by atoms with Crippen molar-refractivity contribution in [3.05, 3.63) is 120 Å². The van der Waals surface area contributed by atoms with E-state index in [0.29, 0.717) is 0 Å². The van der Waals surface area contributed by atoms with Gasteiger partial charge in [-0.25, -0.2) is 0 Å². The number of benzene rings is 3. The third-order valence-electron chi connectivity index (χ3n) is 14.9. The standard InChI is InChI=1S/C46H50N2P2/c49-46(42-15-13-32-7-2-5-11-40(32)47-42,43-16-14-33-8-3-6-12-41(33)48-43)39-10-4-1-9-34(39)27-50(44-35-19-28-17-29(21-35)22-36(44)20-28)45-37-23-30-18-31(25-37)26-38(45)24-30/h1-16,28-31,35-38,44-45H,17-27,49H2. The minimum atomic E-state index is -0.556. The van der Waals surface area contributed by atoms with Gasteiger partial charge >= 0.3 is 0 Å². The number of rotatable bonds is 7. The second-order valence-corrected chi connectivity index (χ2v) is 21.2. The van der Waals surface area contributed by atoms with Crippen molar-refractivity contribution in [1.29, 1.82) is 0 Å². The van der Waals surface area contributed by atoms with Crippen molar-refractivity contribution in [3.8, 4) is 0 Å². The van der Waals surface area contributed by atoms with Crippen molar-refractivity contribution in [2.24, 2.45) is 47.3 Å². The monoisotopic (exact) mass is 692 g/mol. The molecule has 0 spiro atoms. The number of pyridine rings is 2. The van der Waals surface area contributed by atoms with E-state index in [0.717, 1.165) is 81.1 Å². The molecule has 0 aliphatic heterocycles. The molecule has 254 valence electrons. The van der Waals surface area contributed by atoms with Crippen molar-refractivity contribution in [2.75, 3.05) is 0 Å². The van der Waals surface area contributed by atoms with Gasteiger partial charge in [-0.15, -0.1) is 9.24 Å². The number of hydrogen-bond donors (Lipinski definition) is 0. The summed E-state index contributed by atoms with van der Waals surface area (Å²) in [5, 5.41) is 1.83. The van der Waals surface area contributed by atoms with Crippen LogP contribution >= 0.6 is 17.2 Å². The van der Waals surface area contributed by atoms with E-state index in [1.807, 2.05) is 0 Å². The Bertz CT molecular complexity index is 1910. The Morgan fingerprint density at radius 3 is 1.40 bits per heavy atom. The lowest BCUT2D eigenvalue weighted by Gasteiger charge is -2.62. The minimum absolute atomic E-state index is 0.145. The molecule has 0 radical (unpaired) electrons. The van der Waals surface area contributed by atoms with Crippen LogP contribution in [0.25, 0.3) is 21.8 Å². The fourth-order valence-corrected chi connectivity index (χ4v) is 18.7. The third kappa shape index (κ3) is 4.94. The molecule has 3 aromatic carbocycles. The van der Waals surface area contributed by atoms with Crippen molar-refractivity contribution in [3.63, 3.8) is 0 Å². The summed E-state index contributed by atoms with van der Waals surface area (Å²) in [7, 11) is 3.22.